The fraction of sp³-hybridized carbons (Fsp3) is 0.615. The van der Waals surface area contributed by atoms with Crippen LogP contribution in [0.5, 0.6) is 0 Å². The number of hydrogen-bond acceptors (Lipinski definition) is 4. The van der Waals surface area contributed by atoms with Gasteiger partial charge in [-0.15, -0.1) is 0 Å². The number of halogens is 1. The van der Waals surface area contributed by atoms with Crippen molar-refractivity contribution in [1.82, 2.24) is 9.88 Å². The zero-order valence-corrected chi connectivity index (χ0v) is 11.4. The number of nitrogens with zero attached hydrogens (tertiary/aromatic N) is 2. The van der Waals surface area contributed by atoms with E-state index >= 15 is 0 Å². The molecular weight excluding hydrogens is 248 g/mol. The molecule has 4 nitrogen and oxygen atoms in total. The van der Waals surface area contributed by atoms with Gasteiger partial charge in [0.15, 0.2) is 0 Å². The Morgan fingerprint density at radius 2 is 1.83 bits per heavy atom. The molecule has 1 fully saturated rings. The Morgan fingerprint density at radius 1 is 1.17 bits per heavy atom. The molecule has 0 aromatic carbocycles. The number of rotatable bonds is 3. The van der Waals surface area contributed by atoms with Crippen LogP contribution < -0.4 is 11.3 Å². The number of nitrogen functional groups attached to an aromatic ring is 1. The minimum atomic E-state index is 0.668. The molecule has 0 amide bonds. The number of aromatic nitrogens is 1. The third kappa shape index (κ3) is 3.83. The van der Waals surface area contributed by atoms with Gasteiger partial charge >= 0.3 is 0 Å². The van der Waals surface area contributed by atoms with E-state index in [1.165, 1.54) is 32.1 Å². The highest BCUT2D eigenvalue weighted by Crippen LogP contribution is 2.19. The van der Waals surface area contributed by atoms with Gasteiger partial charge in [0.25, 0.3) is 0 Å². The lowest BCUT2D eigenvalue weighted by Gasteiger charge is -2.24. The lowest BCUT2D eigenvalue weighted by Crippen LogP contribution is -2.27. The van der Waals surface area contributed by atoms with Gasteiger partial charge in [0.2, 0.25) is 0 Å². The predicted molar refractivity (Wildman–Crippen MR) is 75.4 cm³/mol. The van der Waals surface area contributed by atoms with Crippen molar-refractivity contribution in [3.8, 4) is 0 Å². The Morgan fingerprint density at radius 3 is 2.50 bits per heavy atom. The Kier molecular flexibility index (Phi) is 5.23. The Hall–Kier alpha value is -0.840. The van der Waals surface area contributed by atoms with Gasteiger partial charge in [0.1, 0.15) is 5.82 Å². The van der Waals surface area contributed by atoms with E-state index in [2.05, 4.69) is 15.3 Å². The summed E-state index contributed by atoms with van der Waals surface area (Å²) in [6.45, 7) is 3.09. The van der Waals surface area contributed by atoms with Crippen LogP contribution in [0.15, 0.2) is 12.1 Å². The Balaban J connectivity index is 2.02. The van der Waals surface area contributed by atoms with Crippen molar-refractivity contribution in [3.05, 3.63) is 22.8 Å². The summed E-state index contributed by atoms with van der Waals surface area (Å²) in [6.07, 6.45) is 6.59. The van der Waals surface area contributed by atoms with Gasteiger partial charge in [-0.3, -0.25) is 4.90 Å². The summed E-state index contributed by atoms with van der Waals surface area (Å²) in [5, 5.41) is 0.719. The molecule has 0 spiro atoms. The van der Waals surface area contributed by atoms with Crippen LogP contribution in [-0.2, 0) is 6.54 Å². The second kappa shape index (κ2) is 6.92. The maximum atomic E-state index is 6.19. The zero-order valence-electron chi connectivity index (χ0n) is 10.7. The van der Waals surface area contributed by atoms with Gasteiger partial charge in [-0.25, -0.2) is 10.8 Å². The molecule has 0 atom stereocenters. The monoisotopic (exact) mass is 268 g/mol. The largest absolute Gasteiger partial charge is 0.308 e. The second-order valence-electron chi connectivity index (χ2n) is 4.81. The maximum Gasteiger partial charge on any atom is 0.140 e. The highest BCUT2D eigenvalue weighted by molar-refractivity contribution is 6.31. The van der Waals surface area contributed by atoms with Crippen LogP contribution in [0.1, 0.15) is 37.8 Å². The van der Waals surface area contributed by atoms with Gasteiger partial charge in [-0.1, -0.05) is 30.9 Å². The van der Waals surface area contributed by atoms with E-state index in [0.717, 1.165) is 30.4 Å². The average Bonchev–Trinajstić information content (AvgIpc) is 2.35. The van der Waals surface area contributed by atoms with Gasteiger partial charge in [0, 0.05) is 6.54 Å². The highest BCUT2D eigenvalue weighted by Gasteiger charge is 2.12. The SMILES string of the molecule is NNc1ccc(Cl)c(CN2CCCCCCC2)n1. The first-order chi connectivity index (χ1) is 8.79. The summed E-state index contributed by atoms with van der Waals surface area (Å²) < 4.78 is 0. The summed E-state index contributed by atoms with van der Waals surface area (Å²) in [5.41, 5.74) is 3.48. The minimum Gasteiger partial charge on any atom is -0.308 e. The van der Waals surface area contributed by atoms with Gasteiger partial charge < -0.3 is 5.43 Å². The average molecular weight is 269 g/mol. The fourth-order valence-corrected chi connectivity index (χ4v) is 2.52. The topological polar surface area (TPSA) is 54.2 Å². The number of hydrogen-bond donors (Lipinski definition) is 2. The number of hydrazine groups is 1. The maximum absolute atomic E-state index is 6.19. The third-order valence-corrected chi connectivity index (χ3v) is 3.73. The number of nitrogens with one attached hydrogen (secondary N) is 1. The molecule has 1 aromatic heterocycles. The van der Waals surface area contributed by atoms with Gasteiger partial charge in [-0.2, -0.15) is 0 Å². The lowest BCUT2D eigenvalue weighted by molar-refractivity contribution is 0.237. The number of likely N-dealkylation sites (tertiary alicyclic amines) is 1. The molecular formula is C13H21ClN4. The van der Waals surface area contributed by atoms with Crippen molar-refractivity contribution in [2.45, 2.75) is 38.6 Å². The van der Waals surface area contributed by atoms with Crippen molar-refractivity contribution in [1.29, 1.82) is 0 Å². The molecule has 100 valence electrons. The molecule has 3 N–H and O–H groups in total. The molecule has 0 aliphatic carbocycles. The minimum absolute atomic E-state index is 0.668. The predicted octanol–water partition coefficient (Wildman–Crippen LogP) is 2.79. The molecule has 0 bridgehead atoms. The van der Waals surface area contributed by atoms with E-state index in [1.807, 2.05) is 6.07 Å². The van der Waals surface area contributed by atoms with Crippen LogP contribution in [0.3, 0.4) is 0 Å². The molecule has 18 heavy (non-hydrogen) atoms. The molecule has 1 aliphatic rings. The molecule has 2 rings (SSSR count). The lowest BCUT2D eigenvalue weighted by atomic mass is 10.1. The molecule has 1 aromatic rings. The first kappa shape index (κ1) is 13.6. The summed E-state index contributed by atoms with van der Waals surface area (Å²) in [7, 11) is 0. The molecule has 1 aliphatic heterocycles. The quantitative estimate of drug-likeness (QED) is 0.654. The highest BCUT2D eigenvalue weighted by atomic mass is 35.5. The van der Waals surface area contributed by atoms with Gasteiger partial charge in [0.05, 0.1) is 10.7 Å². The number of anilines is 1. The van der Waals surface area contributed by atoms with E-state index in [-0.39, 0.29) is 0 Å². The molecule has 0 unspecified atom stereocenters. The van der Waals surface area contributed by atoms with Crippen molar-refractivity contribution in [2.75, 3.05) is 18.5 Å². The normalized spacial score (nSPS) is 18.1. The van der Waals surface area contributed by atoms with Crippen LogP contribution in [0.25, 0.3) is 0 Å². The smallest absolute Gasteiger partial charge is 0.140 e. The van der Waals surface area contributed by atoms with Crippen LogP contribution in [0, 0.1) is 0 Å². The molecule has 2 heterocycles. The fourth-order valence-electron chi connectivity index (χ4n) is 2.36. The number of pyridine rings is 1. The molecule has 0 saturated carbocycles. The molecule has 5 heteroatoms. The van der Waals surface area contributed by atoms with E-state index < -0.39 is 0 Å². The summed E-state index contributed by atoms with van der Waals surface area (Å²) in [4.78, 5) is 6.87. The third-order valence-electron chi connectivity index (χ3n) is 3.39. The zero-order chi connectivity index (χ0) is 12.8. The summed E-state index contributed by atoms with van der Waals surface area (Å²) in [5.74, 6) is 6.05. The van der Waals surface area contributed by atoms with Crippen molar-refractivity contribution in [2.24, 2.45) is 5.84 Å². The molecule has 1 saturated heterocycles. The van der Waals surface area contributed by atoms with Crippen LogP contribution in [0.2, 0.25) is 5.02 Å². The van der Waals surface area contributed by atoms with Gasteiger partial charge in [-0.05, 0) is 38.1 Å². The van der Waals surface area contributed by atoms with E-state index in [4.69, 9.17) is 17.4 Å². The summed E-state index contributed by atoms with van der Waals surface area (Å²) in [6, 6.07) is 3.64. The standard InChI is InChI=1S/C13H21ClN4/c14-11-6-7-13(17-15)16-12(11)10-18-8-4-2-1-3-5-9-18/h6-7H,1-5,8-10,15H2,(H,16,17). The molecule has 0 radical (unpaired) electrons. The number of nitrogens with two attached hydrogens (primary N) is 1. The Labute approximate surface area is 113 Å². The first-order valence-corrected chi connectivity index (χ1v) is 7.02. The van der Waals surface area contributed by atoms with Crippen LogP contribution >= 0.6 is 11.6 Å². The van der Waals surface area contributed by atoms with Crippen molar-refractivity contribution in [3.63, 3.8) is 0 Å². The van der Waals surface area contributed by atoms with E-state index in [1.54, 1.807) is 6.07 Å². The van der Waals surface area contributed by atoms with Crippen molar-refractivity contribution >= 4 is 17.4 Å². The summed E-state index contributed by atoms with van der Waals surface area (Å²) >= 11 is 6.19. The van der Waals surface area contributed by atoms with Crippen molar-refractivity contribution < 1.29 is 0 Å². The van der Waals surface area contributed by atoms with Crippen LogP contribution in [-0.4, -0.2) is 23.0 Å². The Bertz CT molecular complexity index is 375. The van der Waals surface area contributed by atoms with E-state index in [0.29, 0.717) is 5.82 Å². The second-order valence-corrected chi connectivity index (χ2v) is 5.22. The van der Waals surface area contributed by atoms with E-state index in [9.17, 15) is 0 Å². The first-order valence-electron chi connectivity index (χ1n) is 6.64. The van der Waals surface area contributed by atoms with Crippen LogP contribution in [0.4, 0.5) is 5.82 Å².